The lowest BCUT2D eigenvalue weighted by Gasteiger charge is -2.23. The number of aliphatic carboxylic acids is 1. The van der Waals surface area contributed by atoms with Crippen LogP contribution < -0.4 is 5.32 Å². The van der Waals surface area contributed by atoms with E-state index in [4.69, 9.17) is 5.11 Å². The van der Waals surface area contributed by atoms with Crippen LogP contribution in [0.5, 0.6) is 0 Å². The zero-order valence-corrected chi connectivity index (χ0v) is 10.3. The molecule has 0 fully saturated rings. The van der Waals surface area contributed by atoms with Gasteiger partial charge in [0.1, 0.15) is 0 Å². The van der Waals surface area contributed by atoms with Crippen LogP contribution in [0.2, 0.25) is 0 Å². The van der Waals surface area contributed by atoms with E-state index in [1.807, 2.05) is 0 Å². The van der Waals surface area contributed by atoms with Gasteiger partial charge in [0.15, 0.2) is 0 Å². The van der Waals surface area contributed by atoms with Gasteiger partial charge in [-0.1, -0.05) is 6.92 Å². The van der Waals surface area contributed by atoms with E-state index >= 15 is 0 Å². The number of thioether (sulfide) groups is 1. The van der Waals surface area contributed by atoms with Crippen molar-refractivity contribution in [1.29, 1.82) is 0 Å². The summed E-state index contributed by atoms with van der Waals surface area (Å²) in [5.74, 6) is 0.288. The molecule has 0 amide bonds. The molecule has 0 aliphatic heterocycles. The van der Waals surface area contributed by atoms with Gasteiger partial charge in [0.25, 0.3) is 0 Å². The molecule has 0 aromatic heterocycles. The van der Waals surface area contributed by atoms with E-state index in [-0.39, 0.29) is 0 Å². The normalized spacial score (nSPS) is 14.0. The first-order valence-electron chi connectivity index (χ1n) is 4.89. The Hall–Kier alpha value is -0.220. The Morgan fingerprint density at radius 3 is 2.50 bits per heavy atom. The molecule has 0 aromatic rings. The third-order valence-electron chi connectivity index (χ3n) is 2.27. The van der Waals surface area contributed by atoms with Crippen LogP contribution in [0.3, 0.4) is 0 Å². The number of rotatable bonds is 7. The van der Waals surface area contributed by atoms with Crippen LogP contribution in [0.4, 0.5) is 0 Å². The number of nitrogens with one attached hydrogen (secondary N) is 1. The average molecular weight is 219 g/mol. The summed E-state index contributed by atoms with van der Waals surface area (Å²) in [6, 6.07) is 0.420. The summed E-state index contributed by atoms with van der Waals surface area (Å²) >= 11 is 1.78. The molecule has 1 unspecified atom stereocenters. The molecule has 1 atom stereocenters. The first-order chi connectivity index (χ1) is 6.44. The number of hydrogen-bond acceptors (Lipinski definition) is 3. The van der Waals surface area contributed by atoms with Gasteiger partial charge in [-0.15, -0.1) is 0 Å². The van der Waals surface area contributed by atoms with Crippen LogP contribution in [-0.4, -0.2) is 35.7 Å². The Kier molecular flexibility index (Phi) is 6.20. The van der Waals surface area contributed by atoms with Crippen molar-refractivity contribution in [2.24, 2.45) is 5.41 Å². The monoisotopic (exact) mass is 219 g/mol. The van der Waals surface area contributed by atoms with Gasteiger partial charge >= 0.3 is 5.97 Å². The maximum atomic E-state index is 10.8. The lowest BCUT2D eigenvalue weighted by atomic mass is 9.93. The number of carboxylic acid groups (broad SMARTS) is 1. The number of hydrogen-bond donors (Lipinski definition) is 2. The van der Waals surface area contributed by atoms with Crippen molar-refractivity contribution in [3.8, 4) is 0 Å². The SMILES string of the molecule is CCC(CSC)NCC(C)(C)C(=O)O. The summed E-state index contributed by atoms with van der Waals surface area (Å²) in [5, 5.41) is 12.2. The zero-order valence-electron chi connectivity index (χ0n) is 9.46. The average Bonchev–Trinajstić information content (AvgIpc) is 2.12. The number of carboxylic acids is 1. The maximum Gasteiger partial charge on any atom is 0.310 e. The fourth-order valence-corrected chi connectivity index (χ4v) is 1.75. The first kappa shape index (κ1) is 13.8. The van der Waals surface area contributed by atoms with Crippen molar-refractivity contribution < 1.29 is 9.90 Å². The smallest absolute Gasteiger partial charge is 0.310 e. The van der Waals surface area contributed by atoms with Crippen LogP contribution in [0, 0.1) is 5.41 Å². The molecule has 3 nitrogen and oxygen atoms in total. The Morgan fingerprint density at radius 2 is 2.14 bits per heavy atom. The second kappa shape index (κ2) is 6.30. The quantitative estimate of drug-likeness (QED) is 0.686. The summed E-state index contributed by atoms with van der Waals surface area (Å²) in [6.07, 6.45) is 3.10. The summed E-state index contributed by atoms with van der Waals surface area (Å²) in [7, 11) is 0. The van der Waals surface area contributed by atoms with Crippen LogP contribution in [0.15, 0.2) is 0 Å². The molecular weight excluding hydrogens is 198 g/mol. The van der Waals surface area contributed by atoms with Gasteiger partial charge in [-0.3, -0.25) is 4.79 Å². The third-order valence-corrected chi connectivity index (χ3v) is 3.01. The van der Waals surface area contributed by atoms with Gasteiger partial charge in [-0.05, 0) is 26.5 Å². The van der Waals surface area contributed by atoms with Crippen molar-refractivity contribution >= 4 is 17.7 Å². The Labute approximate surface area is 90.7 Å². The molecule has 0 aromatic carbocycles. The standard InChI is InChI=1S/C10H21NO2S/c1-5-8(6-14-4)11-7-10(2,3)9(12)13/h8,11H,5-7H2,1-4H3,(H,12,13). The summed E-state index contributed by atoms with van der Waals surface area (Å²) < 4.78 is 0. The molecule has 0 radical (unpaired) electrons. The highest BCUT2D eigenvalue weighted by Crippen LogP contribution is 2.14. The highest BCUT2D eigenvalue weighted by Gasteiger charge is 2.27. The van der Waals surface area contributed by atoms with Crippen LogP contribution in [0.1, 0.15) is 27.2 Å². The molecule has 0 aliphatic carbocycles. The molecule has 4 heteroatoms. The van der Waals surface area contributed by atoms with E-state index in [2.05, 4.69) is 18.5 Å². The largest absolute Gasteiger partial charge is 0.481 e. The van der Waals surface area contributed by atoms with E-state index < -0.39 is 11.4 Å². The van der Waals surface area contributed by atoms with Crippen LogP contribution in [-0.2, 0) is 4.79 Å². The fraction of sp³-hybridized carbons (Fsp3) is 0.900. The third kappa shape index (κ3) is 4.86. The Balaban J connectivity index is 3.95. The Bertz CT molecular complexity index is 183. The predicted molar refractivity (Wildman–Crippen MR) is 61.9 cm³/mol. The Morgan fingerprint density at radius 1 is 1.57 bits per heavy atom. The van der Waals surface area contributed by atoms with Crippen LogP contribution >= 0.6 is 11.8 Å². The predicted octanol–water partition coefficient (Wildman–Crippen LogP) is 1.83. The second-order valence-corrected chi connectivity index (χ2v) is 5.04. The van der Waals surface area contributed by atoms with Crippen LogP contribution in [0.25, 0.3) is 0 Å². The lowest BCUT2D eigenvalue weighted by molar-refractivity contribution is -0.146. The van der Waals surface area contributed by atoms with Crippen molar-refractivity contribution in [2.75, 3.05) is 18.6 Å². The van der Waals surface area contributed by atoms with E-state index in [0.717, 1.165) is 12.2 Å². The second-order valence-electron chi connectivity index (χ2n) is 4.13. The lowest BCUT2D eigenvalue weighted by Crippen LogP contribution is -2.41. The van der Waals surface area contributed by atoms with E-state index in [9.17, 15) is 4.79 Å². The summed E-state index contributed by atoms with van der Waals surface area (Å²) in [5.41, 5.74) is -0.675. The van der Waals surface area contributed by atoms with Gasteiger partial charge in [0.05, 0.1) is 5.41 Å². The molecule has 84 valence electrons. The van der Waals surface area contributed by atoms with E-state index in [0.29, 0.717) is 12.6 Å². The van der Waals surface area contributed by atoms with Gasteiger partial charge in [0, 0.05) is 18.3 Å². The number of carbonyl (C=O) groups is 1. The highest BCUT2D eigenvalue weighted by molar-refractivity contribution is 7.98. The van der Waals surface area contributed by atoms with Crippen molar-refractivity contribution in [2.45, 2.75) is 33.2 Å². The van der Waals surface area contributed by atoms with Gasteiger partial charge < -0.3 is 10.4 Å². The molecule has 2 N–H and O–H groups in total. The minimum atomic E-state index is -0.746. The summed E-state index contributed by atoms with van der Waals surface area (Å²) in [4.78, 5) is 10.8. The molecule has 0 heterocycles. The molecule has 14 heavy (non-hydrogen) atoms. The minimum Gasteiger partial charge on any atom is -0.481 e. The van der Waals surface area contributed by atoms with Gasteiger partial charge in [-0.2, -0.15) is 11.8 Å². The van der Waals surface area contributed by atoms with Crippen molar-refractivity contribution in [1.82, 2.24) is 5.32 Å². The molecule has 0 bridgehead atoms. The molecule has 0 saturated heterocycles. The first-order valence-corrected chi connectivity index (χ1v) is 6.29. The van der Waals surface area contributed by atoms with E-state index in [1.54, 1.807) is 25.6 Å². The molecule has 0 spiro atoms. The highest BCUT2D eigenvalue weighted by atomic mass is 32.2. The summed E-state index contributed by atoms with van der Waals surface area (Å²) in [6.45, 7) is 6.13. The van der Waals surface area contributed by atoms with Gasteiger partial charge in [0.2, 0.25) is 0 Å². The van der Waals surface area contributed by atoms with Gasteiger partial charge in [-0.25, -0.2) is 0 Å². The van der Waals surface area contributed by atoms with Crippen molar-refractivity contribution in [3.63, 3.8) is 0 Å². The van der Waals surface area contributed by atoms with E-state index in [1.165, 1.54) is 0 Å². The zero-order chi connectivity index (χ0) is 11.2. The molecule has 0 saturated carbocycles. The van der Waals surface area contributed by atoms with Crippen molar-refractivity contribution in [3.05, 3.63) is 0 Å². The maximum absolute atomic E-state index is 10.8. The molecule has 0 aliphatic rings. The fourth-order valence-electron chi connectivity index (χ4n) is 0.997. The molecular formula is C10H21NO2S. The topological polar surface area (TPSA) is 49.3 Å². The molecule has 0 rings (SSSR count). The minimum absolute atomic E-state index is 0.420.